The quantitative estimate of drug-likeness (QED) is 0.833. The second kappa shape index (κ2) is 6.64. The van der Waals surface area contributed by atoms with Crippen LogP contribution in [0.1, 0.15) is 20.8 Å². The lowest BCUT2D eigenvalue weighted by Gasteiger charge is -2.14. The summed E-state index contributed by atoms with van der Waals surface area (Å²) in [5.41, 5.74) is 0.599. The minimum absolute atomic E-state index is 0.0263. The maximum atomic E-state index is 11.6. The number of carbonyl (C=O) groups is 2. The van der Waals surface area contributed by atoms with E-state index in [0.717, 1.165) is 0 Å². The van der Waals surface area contributed by atoms with Gasteiger partial charge in [-0.25, -0.2) is 0 Å². The molecule has 0 saturated carbocycles. The highest BCUT2D eigenvalue weighted by atomic mass is 16.5. The Labute approximate surface area is 107 Å². The Hall–Kier alpha value is -2.04. The average Bonchev–Trinajstić information content (AvgIpc) is 2.28. The van der Waals surface area contributed by atoms with E-state index in [1.165, 1.54) is 6.92 Å². The first-order valence-corrected chi connectivity index (χ1v) is 5.79. The fourth-order valence-electron chi connectivity index (χ4n) is 1.33. The summed E-state index contributed by atoms with van der Waals surface area (Å²) in [6, 6.07) is 7.18. The summed E-state index contributed by atoms with van der Waals surface area (Å²) >= 11 is 0. The molecule has 0 aliphatic carbocycles. The van der Waals surface area contributed by atoms with Crippen molar-refractivity contribution < 1.29 is 14.3 Å². The summed E-state index contributed by atoms with van der Waals surface area (Å²) in [5, 5.41) is 5.13. The van der Waals surface area contributed by atoms with Crippen molar-refractivity contribution in [1.29, 1.82) is 0 Å². The number of nitrogens with one attached hydrogen (secondary N) is 2. The molecule has 0 fully saturated rings. The molecule has 0 saturated heterocycles. The molecule has 0 bridgehead atoms. The standard InChI is InChI=1S/C13H18N2O3/c1-9(2)18-12-7-5-4-6-11(12)15-13(17)8-14-10(3)16/h4-7,9H,8H2,1-3H3,(H,14,16)(H,15,17). The fourth-order valence-corrected chi connectivity index (χ4v) is 1.33. The molecule has 0 aliphatic heterocycles. The second-order valence-corrected chi connectivity index (χ2v) is 4.12. The minimum atomic E-state index is -0.287. The highest BCUT2D eigenvalue weighted by Crippen LogP contribution is 2.24. The molecule has 2 N–H and O–H groups in total. The van der Waals surface area contributed by atoms with Crippen LogP contribution in [0.4, 0.5) is 5.69 Å². The number of hydrogen-bond donors (Lipinski definition) is 2. The Balaban J connectivity index is 2.65. The smallest absolute Gasteiger partial charge is 0.243 e. The van der Waals surface area contributed by atoms with Crippen LogP contribution in [0, 0.1) is 0 Å². The van der Waals surface area contributed by atoms with E-state index < -0.39 is 0 Å². The molecule has 0 heterocycles. The normalized spacial score (nSPS) is 10.0. The second-order valence-electron chi connectivity index (χ2n) is 4.12. The summed E-state index contributed by atoms with van der Waals surface area (Å²) in [7, 11) is 0. The zero-order valence-corrected chi connectivity index (χ0v) is 10.8. The molecule has 0 radical (unpaired) electrons. The van der Waals surface area contributed by atoms with Crippen LogP contribution in [0.25, 0.3) is 0 Å². The van der Waals surface area contributed by atoms with Gasteiger partial charge in [-0.15, -0.1) is 0 Å². The van der Waals surface area contributed by atoms with Gasteiger partial charge < -0.3 is 15.4 Å². The van der Waals surface area contributed by atoms with E-state index in [2.05, 4.69) is 10.6 Å². The van der Waals surface area contributed by atoms with E-state index in [-0.39, 0.29) is 24.5 Å². The number of ether oxygens (including phenoxy) is 1. The lowest BCUT2D eigenvalue weighted by Crippen LogP contribution is -2.31. The molecule has 0 spiro atoms. The highest BCUT2D eigenvalue weighted by molar-refractivity contribution is 5.95. The van der Waals surface area contributed by atoms with Gasteiger partial charge in [0.25, 0.3) is 0 Å². The third kappa shape index (κ3) is 4.86. The average molecular weight is 250 g/mol. The molecule has 2 amide bonds. The Morgan fingerprint density at radius 1 is 1.28 bits per heavy atom. The van der Waals surface area contributed by atoms with Gasteiger partial charge in [0.15, 0.2) is 0 Å². The van der Waals surface area contributed by atoms with Gasteiger partial charge in [0.1, 0.15) is 5.75 Å². The number of hydrogen-bond acceptors (Lipinski definition) is 3. The van der Waals surface area contributed by atoms with Crippen LogP contribution >= 0.6 is 0 Å². The van der Waals surface area contributed by atoms with Gasteiger partial charge in [-0.05, 0) is 26.0 Å². The first kappa shape index (κ1) is 14.0. The Morgan fingerprint density at radius 3 is 2.56 bits per heavy atom. The third-order valence-electron chi connectivity index (χ3n) is 2.02. The van der Waals surface area contributed by atoms with Crippen LogP contribution in [-0.4, -0.2) is 24.5 Å². The minimum Gasteiger partial charge on any atom is -0.489 e. The van der Waals surface area contributed by atoms with E-state index in [1.54, 1.807) is 18.2 Å². The largest absolute Gasteiger partial charge is 0.489 e. The van der Waals surface area contributed by atoms with Crippen molar-refractivity contribution in [3.05, 3.63) is 24.3 Å². The molecule has 98 valence electrons. The third-order valence-corrected chi connectivity index (χ3v) is 2.02. The van der Waals surface area contributed by atoms with Crippen LogP contribution in [0.3, 0.4) is 0 Å². The van der Waals surface area contributed by atoms with Gasteiger partial charge in [0.05, 0.1) is 18.3 Å². The predicted molar refractivity (Wildman–Crippen MR) is 69.5 cm³/mol. The van der Waals surface area contributed by atoms with Crippen molar-refractivity contribution in [2.75, 3.05) is 11.9 Å². The van der Waals surface area contributed by atoms with Gasteiger partial charge >= 0.3 is 0 Å². The first-order chi connectivity index (χ1) is 8.49. The molecule has 5 nitrogen and oxygen atoms in total. The predicted octanol–water partition coefficient (Wildman–Crippen LogP) is 1.55. The zero-order valence-electron chi connectivity index (χ0n) is 10.8. The van der Waals surface area contributed by atoms with Crippen LogP contribution in [0.5, 0.6) is 5.75 Å². The molecule has 0 aliphatic rings. The number of carbonyl (C=O) groups excluding carboxylic acids is 2. The number of rotatable bonds is 5. The summed E-state index contributed by atoms with van der Waals surface area (Å²) in [4.78, 5) is 22.3. The van der Waals surface area contributed by atoms with Crippen LogP contribution in [-0.2, 0) is 9.59 Å². The zero-order chi connectivity index (χ0) is 13.5. The molecule has 5 heteroatoms. The summed E-state index contributed by atoms with van der Waals surface area (Å²) in [6.45, 7) is 5.14. The van der Waals surface area contributed by atoms with Gasteiger partial charge in [0, 0.05) is 6.92 Å². The molecule has 0 atom stereocenters. The summed E-state index contributed by atoms with van der Waals surface area (Å²) < 4.78 is 5.57. The van der Waals surface area contributed by atoms with Crippen LogP contribution < -0.4 is 15.4 Å². The topological polar surface area (TPSA) is 67.4 Å². The van der Waals surface area contributed by atoms with Gasteiger partial charge in [0.2, 0.25) is 11.8 Å². The van der Waals surface area contributed by atoms with Gasteiger partial charge in [-0.2, -0.15) is 0 Å². The Morgan fingerprint density at radius 2 is 1.94 bits per heavy atom. The van der Waals surface area contributed by atoms with Crippen molar-refractivity contribution >= 4 is 17.5 Å². The highest BCUT2D eigenvalue weighted by Gasteiger charge is 2.08. The van der Waals surface area contributed by atoms with E-state index in [9.17, 15) is 9.59 Å². The number of anilines is 1. The summed E-state index contributed by atoms with van der Waals surface area (Å²) in [5.74, 6) is 0.0885. The maximum absolute atomic E-state index is 11.6. The molecule has 0 aromatic heterocycles. The molecule has 1 rings (SSSR count). The van der Waals surface area contributed by atoms with Crippen LogP contribution in [0.15, 0.2) is 24.3 Å². The summed E-state index contributed by atoms with van der Waals surface area (Å²) in [6.07, 6.45) is 0.0263. The monoisotopic (exact) mass is 250 g/mol. The number of para-hydroxylation sites is 2. The van der Waals surface area contributed by atoms with Crippen molar-refractivity contribution in [2.24, 2.45) is 0 Å². The van der Waals surface area contributed by atoms with Gasteiger partial charge in [-0.1, -0.05) is 12.1 Å². The first-order valence-electron chi connectivity index (χ1n) is 5.79. The van der Waals surface area contributed by atoms with Crippen molar-refractivity contribution in [2.45, 2.75) is 26.9 Å². The fraction of sp³-hybridized carbons (Fsp3) is 0.385. The maximum Gasteiger partial charge on any atom is 0.243 e. The molecule has 1 aromatic carbocycles. The molecule has 0 unspecified atom stereocenters. The van der Waals surface area contributed by atoms with E-state index in [1.807, 2.05) is 19.9 Å². The van der Waals surface area contributed by atoms with Crippen molar-refractivity contribution in [3.8, 4) is 5.75 Å². The lowest BCUT2D eigenvalue weighted by molar-refractivity contribution is -0.122. The van der Waals surface area contributed by atoms with E-state index in [4.69, 9.17) is 4.74 Å². The van der Waals surface area contributed by atoms with Gasteiger partial charge in [-0.3, -0.25) is 9.59 Å². The molecule has 1 aromatic rings. The van der Waals surface area contributed by atoms with Crippen molar-refractivity contribution in [3.63, 3.8) is 0 Å². The molecule has 18 heavy (non-hydrogen) atoms. The number of amides is 2. The molecular formula is C13H18N2O3. The number of benzene rings is 1. The van der Waals surface area contributed by atoms with E-state index >= 15 is 0 Å². The van der Waals surface area contributed by atoms with Crippen molar-refractivity contribution in [1.82, 2.24) is 5.32 Å². The Kier molecular flexibility index (Phi) is 5.17. The lowest BCUT2D eigenvalue weighted by atomic mass is 10.3. The van der Waals surface area contributed by atoms with E-state index in [0.29, 0.717) is 11.4 Å². The Bertz CT molecular complexity index is 430. The van der Waals surface area contributed by atoms with Crippen LogP contribution in [0.2, 0.25) is 0 Å². The SMILES string of the molecule is CC(=O)NCC(=O)Nc1ccccc1OC(C)C. The molecular weight excluding hydrogens is 232 g/mol.